The van der Waals surface area contributed by atoms with Crippen LogP contribution in [0.15, 0.2) is 42.0 Å². The Hall–Kier alpha value is -2.03. The number of aromatic nitrogens is 1. The van der Waals surface area contributed by atoms with Gasteiger partial charge in [-0.05, 0) is 35.2 Å². The van der Waals surface area contributed by atoms with E-state index in [0.717, 1.165) is 9.40 Å². The average molecular weight is 284 g/mol. The third-order valence-electron chi connectivity index (χ3n) is 2.81. The molecule has 0 aliphatic carbocycles. The number of thiophene rings is 2. The predicted octanol–water partition coefficient (Wildman–Crippen LogP) is 3.85. The van der Waals surface area contributed by atoms with E-state index >= 15 is 0 Å². The number of carbonyl (C=O) groups excluding carboxylic acids is 1. The van der Waals surface area contributed by atoms with Gasteiger partial charge in [-0.25, -0.2) is 0 Å². The summed E-state index contributed by atoms with van der Waals surface area (Å²) < 4.78 is 2.19. The molecule has 3 nitrogen and oxygen atoms in total. The van der Waals surface area contributed by atoms with Crippen molar-refractivity contribution in [1.29, 1.82) is 5.26 Å². The molecule has 19 heavy (non-hydrogen) atoms. The first-order chi connectivity index (χ1) is 9.29. The lowest BCUT2D eigenvalue weighted by Gasteiger charge is -2.05. The quantitative estimate of drug-likeness (QED) is 0.686. The third-order valence-corrected chi connectivity index (χ3v) is 4.92. The number of hydrogen-bond acceptors (Lipinski definition) is 5. The highest BCUT2D eigenvalue weighted by Crippen LogP contribution is 2.32. The number of pyridine rings is 1. The molecule has 0 fully saturated rings. The van der Waals surface area contributed by atoms with Crippen LogP contribution >= 0.6 is 22.7 Å². The van der Waals surface area contributed by atoms with Crippen molar-refractivity contribution in [2.75, 3.05) is 0 Å². The van der Waals surface area contributed by atoms with Crippen molar-refractivity contribution in [1.82, 2.24) is 4.98 Å². The summed E-state index contributed by atoms with van der Waals surface area (Å²) in [5.41, 5.74) is 0.694. The molecule has 0 saturated carbocycles. The fourth-order valence-electron chi connectivity index (χ4n) is 1.87. The van der Waals surface area contributed by atoms with E-state index in [4.69, 9.17) is 0 Å². The number of ketones is 1. The summed E-state index contributed by atoms with van der Waals surface area (Å²) in [5, 5.41) is 11.3. The standard InChI is InChI=1S/C14H8N2OS2/c15-8-10(9-1-4-16-5-2-9)14(17)13-7-12-11(19-13)3-6-18-12/h1-7,10H. The van der Waals surface area contributed by atoms with Crippen LogP contribution in [0, 0.1) is 11.3 Å². The molecule has 3 aromatic heterocycles. The Morgan fingerprint density at radius 3 is 2.74 bits per heavy atom. The molecule has 0 bridgehead atoms. The molecular formula is C14H8N2OS2. The molecule has 92 valence electrons. The Morgan fingerprint density at radius 1 is 1.26 bits per heavy atom. The smallest absolute Gasteiger partial charge is 0.194 e. The molecule has 0 radical (unpaired) electrons. The van der Waals surface area contributed by atoms with Gasteiger partial charge >= 0.3 is 0 Å². The summed E-state index contributed by atoms with van der Waals surface area (Å²) in [6.07, 6.45) is 3.19. The molecule has 0 aromatic carbocycles. The van der Waals surface area contributed by atoms with Crippen molar-refractivity contribution in [3.63, 3.8) is 0 Å². The number of carbonyl (C=O) groups is 1. The minimum absolute atomic E-state index is 0.137. The molecule has 1 unspecified atom stereocenters. The van der Waals surface area contributed by atoms with Crippen molar-refractivity contribution >= 4 is 37.9 Å². The zero-order valence-corrected chi connectivity index (χ0v) is 11.4. The van der Waals surface area contributed by atoms with Crippen molar-refractivity contribution in [3.05, 3.63) is 52.5 Å². The Bertz CT molecular complexity index is 739. The number of fused-ring (bicyclic) bond motifs is 1. The van der Waals surface area contributed by atoms with Crippen LogP contribution in [0.5, 0.6) is 0 Å². The first-order valence-electron chi connectivity index (χ1n) is 5.60. The van der Waals surface area contributed by atoms with Gasteiger partial charge in [-0.3, -0.25) is 9.78 Å². The SMILES string of the molecule is N#CC(C(=O)c1cc2sccc2s1)c1ccncc1. The molecule has 0 aliphatic heterocycles. The second kappa shape index (κ2) is 4.92. The van der Waals surface area contributed by atoms with Gasteiger partial charge in [-0.1, -0.05) is 0 Å². The monoisotopic (exact) mass is 284 g/mol. The number of rotatable bonds is 3. The third kappa shape index (κ3) is 2.16. The van der Waals surface area contributed by atoms with Crippen LogP contribution in [0.4, 0.5) is 0 Å². The van der Waals surface area contributed by atoms with Gasteiger partial charge in [0.05, 0.1) is 10.9 Å². The van der Waals surface area contributed by atoms with Gasteiger partial charge in [0.25, 0.3) is 0 Å². The summed E-state index contributed by atoms with van der Waals surface area (Å²) in [7, 11) is 0. The molecule has 0 amide bonds. The fraction of sp³-hybridized carbons (Fsp3) is 0.0714. The maximum atomic E-state index is 12.4. The molecule has 3 aromatic rings. The number of Topliss-reactive ketones (excluding diaryl/α,β-unsaturated/α-hetero) is 1. The van der Waals surface area contributed by atoms with Gasteiger partial charge in [0, 0.05) is 21.8 Å². The van der Waals surface area contributed by atoms with E-state index in [9.17, 15) is 10.1 Å². The van der Waals surface area contributed by atoms with Gasteiger partial charge in [-0.15, -0.1) is 22.7 Å². The van der Waals surface area contributed by atoms with Crippen molar-refractivity contribution in [3.8, 4) is 6.07 Å². The van der Waals surface area contributed by atoms with Crippen LogP contribution in [0.2, 0.25) is 0 Å². The Kier molecular flexibility index (Phi) is 3.11. The van der Waals surface area contributed by atoms with Crippen LogP contribution in [-0.2, 0) is 0 Å². The second-order valence-electron chi connectivity index (χ2n) is 3.97. The van der Waals surface area contributed by atoms with Crippen molar-refractivity contribution < 1.29 is 4.79 Å². The molecule has 1 atom stereocenters. The van der Waals surface area contributed by atoms with E-state index in [1.807, 2.05) is 17.5 Å². The zero-order chi connectivity index (χ0) is 13.2. The molecule has 0 saturated heterocycles. The Balaban J connectivity index is 1.98. The summed E-state index contributed by atoms with van der Waals surface area (Å²) in [4.78, 5) is 17.0. The average Bonchev–Trinajstić information content (AvgIpc) is 3.01. The predicted molar refractivity (Wildman–Crippen MR) is 76.6 cm³/mol. The summed E-state index contributed by atoms with van der Waals surface area (Å²) in [6.45, 7) is 0. The maximum absolute atomic E-state index is 12.4. The molecule has 0 spiro atoms. The molecule has 0 aliphatic rings. The summed E-state index contributed by atoms with van der Waals surface area (Å²) in [6, 6.07) is 9.37. The van der Waals surface area contributed by atoms with Crippen LogP contribution in [0.1, 0.15) is 21.2 Å². The van der Waals surface area contributed by atoms with Crippen LogP contribution < -0.4 is 0 Å². The Labute approximate surface area is 117 Å². The topological polar surface area (TPSA) is 53.8 Å². The molecule has 3 rings (SSSR count). The van der Waals surface area contributed by atoms with Crippen molar-refractivity contribution in [2.24, 2.45) is 0 Å². The van der Waals surface area contributed by atoms with Crippen LogP contribution in [-0.4, -0.2) is 10.8 Å². The second-order valence-corrected chi connectivity index (χ2v) is 6.00. The Morgan fingerprint density at radius 2 is 2.05 bits per heavy atom. The highest BCUT2D eigenvalue weighted by Gasteiger charge is 2.23. The van der Waals surface area contributed by atoms with E-state index in [2.05, 4.69) is 11.1 Å². The fourth-order valence-corrected chi connectivity index (χ4v) is 3.95. The molecule has 3 heterocycles. The normalized spacial score (nSPS) is 12.2. The lowest BCUT2D eigenvalue weighted by Crippen LogP contribution is -2.09. The number of nitrogens with zero attached hydrogens (tertiary/aromatic N) is 2. The first-order valence-corrected chi connectivity index (χ1v) is 7.30. The minimum atomic E-state index is -0.754. The summed E-state index contributed by atoms with van der Waals surface area (Å²) >= 11 is 3.05. The van der Waals surface area contributed by atoms with E-state index in [1.165, 1.54) is 11.3 Å². The molecular weight excluding hydrogens is 276 g/mol. The zero-order valence-electron chi connectivity index (χ0n) is 9.74. The maximum Gasteiger partial charge on any atom is 0.194 e. The highest BCUT2D eigenvalue weighted by molar-refractivity contribution is 7.27. The van der Waals surface area contributed by atoms with E-state index in [1.54, 1.807) is 35.9 Å². The highest BCUT2D eigenvalue weighted by atomic mass is 32.1. The lowest BCUT2D eigenvalue weighted by atomic mass is 9.96. The van der Waals surface area contributed by atoms with Crippen LogP contribution in [0.3, 0.4) is 0 Å². The van der Waals surface area contributed by atoms with Gasteiger partial charge in [0.15, 0.2) is 5.78 Å². The van der Waals surface area contributed by atoms with Crippen LogP contribution in [0.25, 0.3) is 9.40 Å². The largest absolute Gasteiger partial charge is 0.291 e. The molecule has 0 N–H and O–H groups in total. The van der Waals surface area contributed by atoms with Crippen molar-refractivity contribution in [2.45, 2.75) is 5.92 Å². The lowest BCUT2D eigenvalue weighted by molar-refractivity contribution is 0.0983. The molecule has 5 heteroatoms. The van der Waals surface area contributed by atoms with Gasteiger partial charge < -0.3 is 0 Å². The van der Waals surface area contributed by atoms with Gasteiger partial charge in [0.2, 0.25) is 0 Å². The summed E-state index contributed by atoms with van der Waals surface area (Å²) in [5.74, 6) is -0.891. The van der Waals surface area contributed by atoms with E-state index in [0.29, 0.717) is 10.4 Å². The minimum Gasteiger partial charge on any atom is -0.291 e. The van der Waals surface area contributed by atoms with E-state index < -0.39 is 5.92 Å². The van der Waals surface area contributed by atoms with Gasteiger partial charge in [-0.2, -0.15) is 5.26 Å². The van der Waals surface area contributed by atoms with Gasteiger partial charge in [0.1, 0.15) is 5.92 Å². The number of hydrogen-bond donors (Lipinski definition) is 0. The van der Waals surface area contributed by atoms with E-state index in [-0.39, 0.29) is 5.78 Å². The number of nitriles is 1. The first kappa shape index (κ1) is 12.0.